The predicted molar refractivity (Wildman–Crippen MR) is 94.8 cm³/mol. The van der Waals surface area contributed by atoms with E-state index in [1.165, 1.54) is 0 Å². The summed E-state index contributed by atoms with van der Waals surface area (Å²) in [5, 5.41) is 54.1. The van der Waals surface area contributed by atoms with Crippen LogP contribution in [0.3, 0.4) is 0 Å². The lowest BCUT2D eigenvalue weighted by Gasteiger charge is -2.07. The van der Waals surface area contributed by atoms with Gasteiger partial charge in [0, 0.05) is 10.9 Å². The topological polar surface area (TPSA) is 121 Å². The van der Waals surface area contributed by atoms with Crippen molar-refractivity contribution in [2.45, 2.75) is 27.7 Å². The molecule has 0 fully saturated rings. The Kier molecular flexibility index (Phi) is 6.86. The number of benzene rings is 2. The highest BCUT2D eigenvalue weighted by atomic mass is 16.4. The molecule has 0 aromatic heterocycles. The molecule has 24 heavy (non-hydrogen) atoms. The second-order valence-electron chi connectivity index (χ2n) is 5.79. The first kappa shape index (κ1) is 20.1. The first-order valence-electron chi connectivity index (χ1n) is 7.37. The highest BCUT2D eigenvalue weighted by Crippen LogP contribution is 2.15. The van der Waals surface area contributed by atoms with Gasteiger partial charge in [0.15, 0.2) is 0 Å². The molecule has 6 N–H and O–H groups in total. The van der Waals surface area contributed by atoms with E-state index in [4.69, 9.17) is 20.1 Å². The van der Waals surface area contributed by atoms with Crippen molar-refractivity contribution in [3.8, 4) is 11.5 Å². The van der Waals surface area contributed by atoms with Crippen LogP contribution in [0.5, 0.6) is 11.5 Å². The molecule has 6 nitrogen and oxygen atoms in total. The number of hydrogen-bond acceptors (Lipinski definition) is 6. The van der Waals surface area contributed by atoms with Crippen LogP contribution in [-0.4, -0.2) is 44.5 Å². The number of hydrogen-bond donors (Lipinski definition) is 6. The summed E-state index contributed by atoms with van der Waals surface area (Å²) in [5.74, 6) is -0.0915. The van der Waals surface area contributed by atoms with Gasteiger partial charge < -0.3 is 30.3 Å². The van der Waals surface area contributed by atoms with E-state index in [0.29, 0.717) is 11.1 Å². The molecular formula is C16H22B2O6. The van der Waals surface area contributed by atoms with E-state index >= 15 is 0 Å². The Morgan fingerprint density at radius 2 is 0.875 bits per heavy atom. The average Bonchev–Trinajstić information content (AvgIpc) is 2.46. The fraction of sp³-hybridized carbons (Fsp3) is 0.250. The van der Waals surface area contributed by atoms with Crippen LogP contribution < -0.4 is 10.9 Å². The molecule has 2 rings (SSSR count). The fourth-order valence-corrected chi connectivity index (χ4v) is 2.38. The molecule has 0 atom stereocenters. The van der Waals surface area contributed by atoms with E-state index < -0.39 is 14.2 Å². The molecule has 0 aliphatic rings. The van der Waals surface area contributed by atoms with Crippen molar-refractivity contribution in [2.24, 2.45) is 0 Å². The maximum Gasteiger partial charge on any atom is 0.492 e. The van der Waals surface area contributed by atoms with Crippen molar-refractivity contribution in [3.05, 3.63) is 46.5 Å². The second kappa shape index (κ2) is 8.21. The van der Waals surface area contributed by atoms with Gasteiger partial charge in [0.1, 0.15) is 11.5 Å². The van der Waals surface area contributed by atoms with Gasteiger partial charge >= 0.3 is 14.2 Å². The van der Waals surface area contributed by atoms with Gasteiger partial charge in [0.2, 0.25) is 0 Å². The molecule has 128 valence electrons. The Morgan fingerprint density at radius 3 is 1.12 bits per heavy atom. The van der Waals surface area contributed by atoms with Crippen LogP contribution in [0.4, 0.5) is 0 Å². The summed E-state index contributed by atoms with van der Waals surface area (Å²) >= 11 is 0. The number of phenolic OH excluding ortho intramolecular Hbond substituents is 2. The number of phenols is 2. The van der Waals surface area contributed by atoms with Gasteiger partial charge in [0.25, 0.3) is 0 Å². The van der Waals surface area contributed by atoms with Crippen LogP contribution in [0, 0.1) is 27.7 Å². The van der Waals surface area contributed by atoms with E-state index in [1.54, 1.807) is 38.1 Å². The minimum absolute atomic E-state index is 0.0457. The van der Waals surface area contributed by atoms with E-state index in [1.807, 2.05) is 13.8 Å². The summed E-state index contributed by atoms with van der Waals surface area (Å²) in [6.45, 7) is 7.10. The SMILES string of the molecule is Cc1cc(C)c(O)c(B(O)O)c1.Cc1cc(C)c(O)c(B(O)O)c1. The zero-order valence-corrected chi connectivity index (χ0v) is 14.1. The highest BCUT2D eigenvalue weighted by Gasteiger charge is 2.18. The Hall–Kier alpha value is -1.99. The molecule has 0 aliphatic heterocycles. The van der Waals surface area contributed by atoms with Gasteiger partial charge in [-0.05, 0) is 38.8 Å². The minimum atomic E-state index is -1.61. The van der Waals surface area contributed by atoms with Crippen molar-refractivity contribution < 1.29 is 30.3 Å². The van der Waals surface area contributed by atoms with Gasteiger partial charge in [-0.1, -0.05) is 35.4 Å². The molecule has 0 radical (unpaired) electrons. The van der Waals surface area contributed by atoms with Crippen molar-refractivity contribution in [2.75, 3.05) is 0 Å². The van der Waals surface area contributed by atoms with Gasteiger partial charge in [-0.25, -0.2) is 0 Å². The summed E-state index contributed by atoms with van der Waals surface area (Å²) in [6.07, 6.45) is 0. The van der Waals surface area contributed by atoms with E-state index in [9.17, 15) is 10.2 Å². The zero-order chi connectivity index (χ0) is 18.6. The largest absolute Gasteiger partial charge is 0.508 e. The maximum atomic E-state index is 9.37. The van der Waals surface area contributed by atoms with Crippen LogP contribution >= 0.6 is 0 Å². The van der Waals surface area contributed by atoms with Crippen LogP contribution in [0.2, 0.25) is 0 Å². The van der Waals surface area contributed by atoms with E-state index in [2.05, 4.69) is 0 Å². The van der Waals surface area contributed by atoms with E-state index in [0.717, 1.165) is 11.1 Å². The number of aromatic hydroxyl groups is 2. The fourth-order valence-electron chi connectivity index (χ4n) is 2.38. The third kappa shape index (κ3) is 5.01. The minimum Gasteiger partial charge on any atom is -0.508 e. The van der Waals surface area contributed by atoms with Gasteiger partial charge in [-0.2, -0.15) is 0 Å². The van der Waals surface area contributed by atoms with Crippen molar-refractivity contribution in [1.29, 1.82) is 0 Å². The smallest absolute Gasteiger partial charge is 0.492 e. The molecule has 0 saturated carbocycles. The third-order valence-electron chi connectivity index (χ3n) is 3.50. The summed E-state index contributed by atoms with van der Waals surface area (Å²) in [4.78, 5) is 0. The first-order valence-corrected chi connectivity index (χ1v) is 7.37. The second-order valence-corrected chi connectivity index (χ2v) is 5.79. The van der Waals surface area contributed by atoms with Gasteiger partial charge in [-0.15, -0.1) is 0 Å². The van der Waals surface area contributed by atoms with Gasteiger partial charge in [0.05, 0.1) is 0 Å². The maximum absolute atomic E-state index is 9.37. The average molecular weight is 332 g/mol. The van der Waals surface area contributed by atoms with Crippen LogP contribution in [0.1, 0.15) is 22.3 Å². The molecule has 0 unspecified atom stereocenters. The highest BCUT2D eigenvalue weighted by molar-refractivity contribution is 6.60. The molecule has 0 aliphatic carbocycles. The molecule has 0 bridgehead atoms. The molecule has 0 saturated heterocycles. The normalized spacial score (nSPS) is 10.0. The molecule has 0 spiro atoms. The molecule has 2 aromatic rings. The standard InChI is InChI=1S/2C8H11BO3/c2*1-5-3-6(2)8(10)7(4-5)9(11)12/h2*3-4,10-12H,1-2H3. The van der Waals surface area contributed by atoms with Gasteiger partial charge in [-0.3, -0.25) is 0 Å². The van der Waals surface area contributed by atoms with Crippen LogP contribution in [-0.2, 0) is 0 Å². The Bertz CT molecular complexity index is 655. The molecule has 0 heterocycles. The third-order valence-corrected chi connectivity index (χ3v) is 3.50. The van der Waals surface area contributed by atoms with Crippen molar-refractivity contribution in [1.82, 2.24) is 0 Å². The molecule has 0 amide bonds. The van der Waals surface area contributed by atoms with Crippen molar-refractivity contribution >= 4 is 25.2 Å². The lowest BCUT2D eigenvalue weighted by Crippen LogP contribution is -2.30. The Morgan fingerprint density at radius 1 is 0.583 bits per heavy atom. The summed E-state index contributed by atoms with van der Waals surface area (Å²) in [7, 11) is -3.22. The molecule has 8 heteroatoms. The zero-order valence-electron chi connectivity index (χ0n) is 14.1. The van der Waals surface area contributed by atoms with Crippen LogP contribution in [0.15, 0.2) is 24.3 Å². The summed E-state index contributed by atoms with van der Waals surface area (Å²) in [6, 6.07) is 6.66. The number of aryl methyl sites for hydroxylation is 4. The Labute approximate surface area is 142 Å². The summed E-state index contributed by atoms with van der Waals surface area (Å²) < 4.78 is 0. The lowest BCUT2D eigenvalue weighted by atomic mass is 9.78. The molecule has 2 aromatic carbocycles. The van der Waals surface area contributed by atoms with E-state index in [-0.39, 0.29) is 22.4 Å². The predicted octanol–water partition coefficient (Wildman–Crippen LogP) is -0.622. The van der Waals surface area contributed by atoms with Crippen molar-refractivity contribution in [3.63, 3.8) is 0 Å². The number of rotatable bonds is 2. The summed E-state index contributed by atoms with van der Waals surface area (Å²) in [5.41, 5.74) is 3.41. The molecular weight excluding hydrogens is 310 g/mol. The Balaban J connectivity index is 0.000000240. The first-order chi connectivity index (χ1) is 11.0. The quantitative estimate of drug-likeness (QED) is 0.408. The van der Waals surface area contributed by atoms with Crippen LogP contribution in [0.25, 0.3) is 0 Å². The lowest BCUT2D eigenvalue weighted by molar-refractivity contribution is 0.417. The monoisotopic (exact) mass is 332 g/mol.